The number of nitrogens with zero attached hydrogens (tertiary/aromatic N) is 2. The van der Waals surface area contributed by atoms with Crippen molar-refractivity contribution in [2.75, 3.05) is 26.2 Å². The highest BCUT2D eigenvalue weighted by Gasteiger charge is 2.48. The number of ketones is 1. The fourth-order valence-electron chi connectivity index (χ4n) is 4.06. The van der Waals surface area contributed by atoms with Gasteiger partial charge in [-0.3, -0.25) is 14.5 Å². The molecule has 1 N–H and O–H groups in total. The third-order valence-electron chi connectivity index (χ3n) is 5.70. The molecule has 9 heteroatoms. The van der Waals surface area contributed by atoms with E-state index in [1.54, 1.807) is 56.5 Å². The van der Waals surface area contributed by atoms with Crippen LogP contribution in [0, 0.1) is 13.8 Å². The number of hydrogen-bond donors (Lipinski definition) is 1. The fourth-order valence-corrected chi connectivity index (χ4v) is 4.06. The van der Waals surface area contributed by atoms with Crippen molar-refractivity contribution in [3.63, 3.8) is 0 Å². The van der Waals surface area contributed by atoms with Crippen LogP contribution in [0.1, 0.15) is 28.5 Å². The number of Topliss-reactive ketones (excluding diaryl/α,β-unsaturated/α-hetero) is 1. The molecule has 1 saturated heterocycles. The van der Waals surface area contributed by atoms with E-state index in [2.05, 4.69) is 5.16 Å². The predicted molar refractivity (Wildman–Crippen MR) is 123 cm³/mol. The zero-order valence-electron chi connectivity index (χ0n) is 19.4. The average Bonchev–Trinajstić information content (AvgIpc) is 3.38. The van der Waals surface area contributed by atoms with Crippen molar-refractivity contribution in [2.45, 2.75) is 19.9 Å². The number of methoxy groups -OCH3 is 3. The Kier molecular flexibility index (Phi) is 6.02. The summed E-state index contributed by atoms with van der Waals surface area (Å²) in [6.07, 6.45) is 0. The summed E-state index contributed by atoms with van der Waals surface area (Å²) in [5, 5.41) is 15.2. The monoisotopic (exact) mass is 464 g/mol. The van der Waals surface area contributed by atoms with Crippen molar-refractivity contribution < 1.29 is 33.4 Å². The summed E-state index contributed by atoms with van der Waals surface area (Å²) in [6, 6.07) is 10.6. The van der Waals surface area contributed by atoms with Gasteiger partial charge < -0.3 is 23.8 Å². The fraction of sp³-hybridized carbons (Fsp3) is 0.240. The van der Waals surface area contributed by atoms with E-state index in [9.17, 15) is 14.7 Å². The minimum Gasteiger partial charge on any atom is -0.507 e. The van der Waals surface area contributed by atoms with Crippen LogP contribution in [-0.2, 0) is 9.59 Å². The van der Waals surface area contributed by atoms with E-state index in [1.807, 2.05) is 6.92 Å². The van der Waals surface area contributed by atoms with Crippen LogP contribution in [-0.4, -0.2) is 43.3 Å². The maximum atomic E-state index is 13.2. The number of rotatable bonds is 6. The molecular formula is C25H24N2O7. The van der Waals surface area contributed by atoms with Gasteiger partial charge in [-0.05, 0) is 55.3 Å². The maximum Gasteiger partial charge on any atom is 0.301 e. The number of amides is 1. The molecule has 1 amide bonds. The van der Waals surface area contributed by atoms with Crippen molar-refractivity contribution >= 4 is 23.3 Å². The lowest BCUT2D eigenvalue weighted by Gasteiger charge is -2.23. The summed E-state index contributed by atoms with van der Waals surface area (Å²) < 4.78 is 21.2. The van der Waals surface area contributed by atoms with E-state index in [4.69, 9.17) is 18.7 Å². The van der Waals surface area contributed by atoms with Crippen LogP contribution in [0.2, 0.25) is 0 Å². The minimum atomic E-state index is -0.980. The number of carbonyl (C=O) groups excluding carboxylic acids is 2. The highest BCUT2D eigenvalue weighted by molar-refractivity contribution is 6.51. The summed E-state index contributed by atoms with van der Waals surface area (Å²) in [5.41, 5.74) is 1.57. The summed E-state index contributed by atoms with van der Waals surface area (Å²) >= 11 is 0. The first kappa shape index (κ1) is 22.9. The molecule has 0 aliphatic carbocycles. The van der Waals surface area contributed by atoms with Crippen LogP contribution in [0.4, 0.5) is 5.82 Å². The van der Waals surface area contributed by atoms with Crippen molar-refractivity contribution in [3.05, 3.63) is 70.5 Å². The minimum absolute atomic E-state index is 0.0811. The van der Waals surface area contributed by atoms with Crippen molar-refractivity contribution in [3.8, 4) is 17.2 Å². The summed E-state index contributed by atoms with van der Waals surface area (Å²) in [5.74, 6) is 0.149. The highest BCUT2D eigenvalue weighted by atomic mass is 16.5. The standard InChI is InChI=1S/C25H24N2O7/c1-13-10-16(7-8-17(13)31-3)23(28)21-22(15-6-9-18(32-4)19(12-15)33-5)27(25(30)24(21)29)20-11-14(2)34-26-20/h6-12,22,28H,1-5H3/b23-21+. The summed E-state index contributed by atoms with van der Waals surface area (Å²) in [6.45, 7) is 3.50. The van der Waals surface area contributed by atoms with E-state index in [0.717, 1.165) is 5.56 Å². The second kappa shape index (κ2) is 8.93. The van der Waals surface area contributed by atoms with Crippen LogP contribution in [0.3, 0.4) is 0 Å². The van der Waals surface area contributed by atoms with Crippen molar-refractivity contribution in [1.29, 1.82) is 0 Å². The number of aryl methyl sites for hydroxylation is 2. The molecule has 0 bridgehead atoms. The first-order valence-corrected chi connectivity index (χ1v) is 10.4. The average molecular weight is 464 g/mol. The first-order valence-electron chi connectivity index (χ1n) is 10.4. The Bertz CT molecular complexity index is 1310. The lowest BCUT2D eigenvalue weighted by Crippen LogP contribution is -2.29. The number of benzene rings is 2. The molecule has 0 radical (unpaired) electrons. The zero-order chi connectivity index (χ0) is 24.6. The van der Waals surface area contributed by atoms with Gasteiger partial charge in [-0.2, -0.15) is 0 Å². The molecule has 34 heavy (non-hydrogen) atoms. The number of aliphatic hydroxyl groups is 1. The van der Waals surface area contributed by atoms with Gasteiger partial charge in [-0.25, -0.2) is 0 Å². The Morgan fingerprint density at radius 2 is 1.62 bits per heavy atom. The van der Waals surface area contributed by atoms with Gasteiger partial charge in [0.05, 0.1) is 32.9 Å². The summed E-state index contributed by atoms with van der Waals surface area (Å²) in [4.78, 5) is 27.6. The maximum absolute atomic E-state index is 13.2. The van der Waals surface area contributed by atoms with E-state index in [0.29, 0.717) is 34.1 Å². The normalized spacial score (nSPS) is 17.2. The molecule has 1 aliphatic heterocycles. The number of aliphatic hydroxyl groups excluding tert-OH is 1. The van der Waals surface area contributed by atoms with Crippen LogP contribution in [0.5, 0.6) is 17.2 Å². The van der Waals surface area contributed by atoms with E-state index in [-0.39, 0.29) is 17.2 Å². The molecule has 1 aromatic heterocycles. The molecule has 0 saturated carbocycles. The molecule has 2 heterocycles. The topological polar surface area (TPSA) is 111 Å². The second-order valence-corrected chi connectivity index (χ2v) is 7.76. The quantitative estimate of drug-likeness (QED) is 0.332. The highest BCUT2D eigenvalue weighted by Crippen LogP contribution is 2.44. The molecule has 176 valence electrons. The third-order valence-corrected chi connectivity index (χ3v) is 5.70. The van der Waals surface area contributed by atoms with Gasteiger partial charge in [0, 0.05) is 11.6 Å². The number of ether oxygens (including phenoxy) is 3. The second-order valence-electron chi connectivity index (χ2n) is 7.76. The Morgan fingerprint density at radius 3 is 2.21 bits per heavy atom. The number of hydrogen-bond acceptors (Lipinski definition) is 8. The Morgan fingerprint density at radius 1 is 0.941 bits per heavy atom. The Hall–Kier alpha value is -4.27. The molecule has 1 aliphatic rings. The van der Waals surface area contributed by atoms with Crippen LogP contribution >= 0.6 is 0 Å². The Balaban J connectivity index is 1.95. The molecule has 0 spiro atoms. The molecule has 2 aromatic carbocycles. The van der Waals surface area contributed by atoms with Gasteiger partial charge >= 0.3 is 5.91 Å². The SMILES string of the molecule is COc1ccc(/C(O)=C2\C(=O)C(=O)N(c3cc(C)on3)C2c2ccc(OC)c(OC)c2)cc1C. The number of anilines is 1. The van der Waals surface area contributed by atoms with E-state index < -0.39 is 17.7 Å². The molecule has 1 fully saturated rings. The molecule has 1 atom stereocenters. The van der Waals surface area contributed by atoms with E-state index >= 15 is 0 Å². The molecule has 1 unspecified atom stereocenters. The van der Waals surface area contributed by atoms with Crippen LogP contribution in [0.15, 0.2) is 52.6 Å². The van der Waals surface area contributed by atoms with Gasteiger partial charge in [-0.1, -0.05) is 11.2 Å². The lowest BCUT2D eigenvalue weighted by atomic mass is 9.94. The van der Waals surface area contributed by atoms with Gasteiger partial charge in [0.2, 0.25) is 0 Å². The van der Waals surface area contributed by atoms with Gasteiger partial charge in [0.15, 0.2) is 17.3 Å². The molecule has 9 nitrogen and oxygen atoms in total. The summed E-state index contributed by atoms with van der Waals surface area (Å²) in [7, 11) is 4.54. The number of aromatic nitrogens is 1. The van der Waals surface area contributed by atoms with Gasteiger partial charge in [0.25, 0.3) is 5.78 Å². The molecule has 3 aromatic rings. The largest absolute Gasteiger partial charge is 0.507 e. The first-order chi connectivity index (χ1) is 16.3. The van der Waals surface area contributed by atoms with Crippen molar-refractivity contribution in [2.24, 2.45) is 0 Å². The van der Waals surface area contributed by atoms with E-state index in [1.165, 1.54) is 19.1 Å². The Labute approximate surface area is 196 Å². The third kappa shape index (κ3) is 3.75. The zero-order valence-corrected chi connectivity index (χ0v) is 19.4. The smallest absolute Gasteiger partial charge is 0.301 e. The molecule has 4 rings (SSSR count). The predicted octanol–water partition coefficient (Wildman–Crippen LogP) is 3.94. The van der Waals surface area contributed by atoms with Gasteiger partial charge in [-0.15, -0.1) is 0 Å². The number of carbonyl (C=O) groups is 2. The van der Waals surface area contributed by atoms with Crippen molar-refractivity contribution in [1.82, 2.24) is 5.16 Å². The van der Waals surface area contributed by atoms with Crippen LogP contribution in [0.25, 0.3) is 5.76 Å². The lowest BCUT2D eigenvalue weighted by molar-refractivity contribution is -0.132. The van der Waals surface area contributed by atoms with Crippen LogP contribution < -0.4 is 19.1 Å². The molecular weight excluding hydrogens is 440 g/mol. The van der Waals surface area contributed by atoms with Gasteiger partial charge in [0.1, 0.15) is 17.3 Å².